The lowest BCUT2D eigenvalue weighted by Crippen LogP contribution is -2.19. The van der Waals surface area contributed by atoms with Crippen LogP contribution in [0.1, 0.15) is 11.3 Å². The Bertz CT molecular complexity index is 1130. The smallest absolute Gasteiger partial charge is 0.264 e. The molecule has 2 heterocycles. The SMILES string of the molecule is Cc1c(Cl)cccc1-c1ccc(C=C2SC(=Nc3cccc(Cl)c3)NC2=O)o1. The van der Waals surface area contributed by atoms with E-state index in [0.717, 1.165) is 11.1 Å². The van der Waals surface area contributed by atoms with Gasteiger partial charge in [0.15, 0.2) is 5.17 Å². The zero-order chi connectivity index (χ0) is 19.7. The highest BCUT2D eigenvalue weighted by atomic mass is 35.5. The largest absolute Gasteiger partial charge is 0.457 e. The average Bonchev–Trinajstić information content (AvgIpc) is 3.25. The van der Waals surface area contributed by atoms with Crippen molar-refractivity contribution in [1.29, 1.82) is 0 Å². The standard InChI is InChI=1S/C21H14Cl2N2O2S/c1-12-16(6-3-7-17(12)23)18-9-8-15(27-18)11-19-20(26)25-21(28-19)24-14-5-2-4-13(22)10-14/h2-11H,1H3,(H,24,25,26). The molecular weight excluding hydrogens is 415 g/mol. The van der Waals surface area contributed by atoms with E-state index in [0.29, 0.717) is 37.3 Å². The van der Waals surface area contributed by atoms with Crippen LogP contribution in [0, 0.1) is 6.92 Å². The number of carbonyl (C=O) groups is 1. The minimum Gasteiger partial charge on any atom is -0.457 e. The average molecular weight is 429 g/mol. The Hall–Kier alpha value is -2.47. The third-order valence-electron chi connectivity index (χ3n) is 4.12. The van der Waals surface area contributed by atoms with Gasteiger partial charge in [-0.2, -0.15) is 0 Å². The molecule has 1 N–H and O–H groups in total. The van der Waals surface area contributed by atoms with Crippen LogP contribution in [0.4, 0.5) is 5.69 Å². The van der Waals surface area contributed by atoms with Crippen molar-refractivity contribution in [3.8, 4) is 11.3 Å². The van der Waals surface area contributed by atoms with Crippen LogP contribution in [0.25, 0.3) is 17.4 Å². The van der Waals surface area contributed by atoms with Crippen LogP contribution in [0.15, 0.2) is 68.9 Å². The Labute approximate surface area is 176 Å². The second kappa shape index (κ2) is 7.87. The molecule has 1 aromatic heterocycles. The Kier molecular flexibility index (Phi) is 5.31. The van der Waals surface area contributed by atoms with E-state index in [-0.39, 0.29) is 5.91 Å². The maximum absolute atomic E-state index is 12.3. The van der Waals surface area contributed by atoms with E-state index in [1.54, 1.807) is 18.2 Å². The Morgan fingerprint density at radius 3 is 2.75 bits per heavy atom. The zero-order valence-corrected chi connectivity index (χ0v) is 17.0. The van der Waals surface area contributed by atoms with Crippen molar-refractivity contribution >= 4 is 57.8 Å². The number of carbonyl (C=O) groups excluding carboxylic acids is 1. The highest BCUT2D eigenvalue weighted by Crippen LogP contribution is 2.32. The van der Waals surface area contributed by atoms with Crippen LogP contribution in [0.3, 0.4) is 0 Å². The van der Waals surface area contributed by atoms with Crippen molar-refractivity contribution in [3.63, 3.8) is 0 Å². The van der Waals surface area contributed by atoms with Gasteiger partial charge in [0.1, 0.15) is 11.5 Å². The maximum atomic E-state index is 12.3. The number of amidine groups is 1. The molecule has 2 aromatic carbocycles. The van der Waals surface area contributed by atoms with E-state index in [4.69, 9.17) is 27.6 Å². The monoisotopic (exact) mass is 428 g/mol. The third-order valence-corrected chi connectivity index (χ3v) is 5.68. The number of hydrogen-bond acceptors (Lipinski definition) is 4. The Morgan fingerprint density at radius 2 is 1.93 bits per heavy atom. The lowest BCUT2D eigenvalue weighted by Gasteiger charge is -2.03. The van der Waals surface area contributed by atoms with Crippen LogP contribution in [-0.4, -0.2) is 11.1 Å². The Balaban J connectivity index is 1.57. The van der Waals surface area contributed by atoms with Gasteiger partial charge >= 0.3 is 0 Å². The van der Waals surface area contributed by atoms with Crippen LogP contribution in [0.5, 0.6) is 0 Å². The molecule has 1 aliphatic rings. The molecule has 7 heteroatoms. The molecule has 0 aliphatic carbocycles. The van der Waals surface area contributed by atoms with Crippen LogP contribution in [-0.2, 0) is 4.79 Å². The van der Waals surface area contributed by atoms with Crippen molar-refractivity contribution in [2.75, 3.05) is 0 Å². The van der Waals surface area contributed by atoms with Crippen molar-refractivity contribution < 1.29 is 9.21 Å². The van der Waals surface area contributed by atoms with E-state index >= 15 is 0 Å². The van der Waals surface area contributed by atoms with Gasteiger partial charge in [-0.15, -0.1) is 0 Å². The summed E-state index contributed by atoms with van der Waals surface area (Å²) in [5, 5.41) is 4.52. The van der Waals surface area contributed by atoms with Crippen LogP contribution < -0.4 is 5.32 Å². The van der Waals surface area contributed by atoms with Gasteiger partial charge in [0.25, 0.3) is 5.91 Å². The summed E-state index contributed by atoms with van der Waals surface area (Å²) < 4.78 is 5.90. The van der Waals surface area contributed by atoms with Gasteiger partial charge in [-0.25, -0.2) is 4.99 Å². The molecular formula is C21H14Cl2N2O2S. The molecule has 0 radical (unpaired) electrons. The van der Waals surface area contributed by atoms with Gasteiger partial charge in [-0.3, -0.25) is 4.79 Å². The number of aliphatic imine (C=N–C) groups is 1. The fourth-order valence-electron chi connectivity index (χ4n) is 2.72. The van der Waals surface area contributed by atoms with E-state index in [1.807, 2.05) is 49.4 Å². The number of nitrogens with zero attached hydrogens (tertiary/aromatic N) is 1. The van der Waals surface area contributed by atoms with Crippen LogP contribution in [0.2, 0.25) is 10.0 Å². The fraction of sp³-hybridized carbons (Fsp3) is 0.0476. The minimum atomic E-state index is -0.220. The molecule has 0 spiro atoms. The number of hydrogen-bond donors (Lipinski definition) is 1. The normalized spacial score (nSPS) is 16.8. The van der Waals surface area contributed by atoms with Gasteiger partial charge in [-0.1, -0.05) is 41.4 Å². The van der Waals surface area contributed by atoms with E-state index in [1.165, 1.54) is 11.8 Å². The summed E-state index contributed by atoms with van der Waals surface area (Å²) >= 11 is 13.4. The lowest BCUT2D eigenvalue weighted by molar-refractivity contribution is -0.115. The zero-order valence-electron chi connectivity index (χ0n) is 14.7. The van der Waals surface area contributed by atoms with Crippen molar-refractivity contribution in [3.05, 3.63) is 80.9 Å². The van der Waals surface area contributed by atoms with Crippen molar-refractivity contribution in [2.45, 2.75) is 6.92 Å². The molecule has 0 bridgehead atoms. The number of furan rings is 1. The van der Waals surface area contributed by atoms with Gasteiger partial charge in [0.05, 0.1) is 10.6 Å². The molecule has 0 unspecified atom stereocenters. The minimum absolute atomic E-state index is 0.220. The molecule has 140 valence electrons. The van der Waals surface area contributed by atoms with E-state index in [9.17, 15) is 4.79 Å². The van der Waals surface area contributed by atoms with Gasteiger partial charge < -0.3 is 9.73 Å². The molecule has 3 aromatic rings. The molecule has 1 amide bonds. The summed E-state index contributed by atoms with van der Waals surface area (Å²) in [5.74, 6) is 1.06. The predicted octanol–water partition coefficient (Wildman–Crippen LogP) is 6.45. The highest BCUT2D eigenvalue weighted by molar-refractivity contribution is 8.18. The molecule has 0 saturated carbocycles. The summed E-state index contributed by atoms with van der Waals surface area (Å²) in [4.78, 5) is 17.2. The third kappa shape index (κ3) is 4.02. The molecule has 1 saturated heterocycles. The molecule has 1 fully saturated rings. The summed E-state index contributed by atoms with van der Waals surface area (Å²) in [5.41, 5.74) is 2.54. The lowest BCUT2D eigenvalue weighted by atomic mass is 10.1. The molecule has 4 nitrogen and oxygen atoms in total. The fourth-order valence-corrected chi connectivity index (χ4v) is 3.90. The van der Waals surface area contributed by atoms with Crippen LogP contribution >= 0.6 is 35.0 Å². The number of rotatable bonds is 3. The van der Waals surface area contributed by atoms with E-state index in [2.05, 4.69) is 10.3 Å². The molecule has 0 atom stereocenters. The van der Waals surface area contributed by atoms with Gasteiger partial charge in [-0.05, 0) is 60.6 Å². The second-order valence-electron chi connectivity index (χ2n) is 6.08. The number of nitrogens with one attached hydrogen (secondary N) is 1. The molecule has 4 rings (SSSR count). The number of halogens is 2. The summed E-state index contributed by atoms with van der Waals surface area (Å²) in [6.07, 6.45) is 1.70. The first-order chi connectivity index (χ1) is 13.5. The van der Waals surface area contributed by atoms with Crippen molar-refractivity contribution in [2.24, 2.45) is 4.99 Å². The second-order valence-corrected chi connectivity index (χ2v) is 7.95. The molecule has 28 heavy (non-hydrogen) atoms. The first-order valence-corrected chi connectivity index (χ1v) is 9.97. The van der Waals surface area contributed by atoms with Crippen molar-refractivity contribution in [1.82, 2.24) is 5.32 Å². The topological polar surface area (TPSA) is 54.6 Å². The quantitative estimate of drug-likeness (QED) is 0.487. The summed E-state index contributed by atoms with van der Waals surface area (Å²) in [7, 11) is 0. The predicted molar refractivity (Wildman–Crippen MR) is 116 cm³/mol. The maximum Gasteiger partial charge on any atom is 0.264 e. The number of thioether (sulfide) groups is 1. The van der Waals surface area contributed by atoms with Gasteiger partial charge in [0.2, 0.25) is 0 Å². The number of amides is 1. The highest BCUT2D eigenvalue weighted by Gasteiger charge is 2.24. The van der Waals surface area contributed by atoms with E-state index < -0.39 is 0 Å². The first kappa shape index (κ1) is 18.9. The number of benzene rings is 2. The molecule has 1 aliphatic heterocycles. The Morgan fingerprint density at radius 1 is 1.11 bits per heavy atom. The first-order valence-electron chi connectivity index (χ1n) is 8.40. The van der Waals surface area contributed by atoms with Gasteiger partial charge in [0, 0.05) is 21.7 Å². The summed E-state index contributed by atoms with van der Waals surface area (Å²) in [6.45, 7) is 1.94. The summed E-state index contributed by atoms with van der Waals surface area (Å²) in [6, 6.07) is 16.5.